The zero-order valence-corrected chi connectivity index (χ0v) is 9.16. The van der Waals surface area contributed by atoms with Gasteiger partial charge in [-0.2, -0.15) is 4.98 Å². The highest BCUT2D eigenvalue weighted by Crippen LogP contribution is 2.31. The van der Waals surface area contributed by atoms with Gasteiger partial charge in [0.1, 0.15) is 4.88 Å². The average Bonchev–Trinajstić information content (AvgIpc) is 2.82. The van der Waals surface area contributed by atoms with E-state index in [1.807, 2.05) is 4.90 Å². The fourth-order valence-electron chi connectivity index (χ4n) is 1.63. The summed E-state index contributed by atoms with van der Waals surface area (Å²) in [5.74, 6) is 0.628. The van der Waals surface area contributed by atoms with E-state index >= 15 is 0 Å². The summed E-state index contributed by atoms with van der Waals surface area (Å²) in [6.07, 6.45) is 1.18. The number of ether oxygens (including phenoxy) is 1. The highest BCUT2D eigenvalue weighted by atomic mass is 32.1. The van der Waals surface area contributed by atoms with Gasteiger partial charge in [-0.1, -0.05) is 11.3 Å². The molecule has 1 aromatic rings. The number of nitrogens with zero attached hydrogens (tertiary/aromatic N) is 2. The van der Waals surface area contributed by atoms with Crippen LogP contribution in [0, 0.1) is 0 Å². The minimum Gasteiger partial charge on any atom is -0.473 e. The smallest absolute Gasteiger partial charge is 0.275 e. The Morgan fingerprint density at radius 1 is 1.73 bits per heavy atom. The van der Waals surface area contributed by atoms with Crippen LogP contribution in [0.15, 0.2) is 0 Å². The lowest BCUT2D eigenvalue weighted by Gasteiger charge is -2.14. The van der Waals surface area contributed by atoms with E-state index < -0.39 is 0 Å². The van der Waals surface area contributed by atoms with E-state index in [2.05, 4.69) is 4.98 Å². The molecule has 0 bridgehead atoms. The molecule has 0 saturated carbocycles. The summed E-state index contributed by atoms with van der Waals surface area (Å²) < 4.78 is 4.98. The van der Waals surface area contributed by atoms with Crippen LogP contribution in [0.3, 0.4) is 0 Å². The van der Waals surface area contributed by atoms with Gasteiger partial charge in [0.25, 0.3) is 5.19 Å². The number of aldehydes is 1. The van der Waals surface area contributed by atoms with Crippen molar-refractivity contribution in [2.45, 2.75) is 12.5 Å². The maximum Gasteiger partial charge on any atom is 0.275 e. The van der Waals surface area contributed by atoms with E-state index in [1.54, 1.807) is 0 Å². The van der Waals surface area contributed by atoms with Gasteiger partial charge in [0.2, 0.25) is 0 Å². The van der Waals surface area contributed by atoms with E-state index in [9.17, 15) is 9.90 Å². The van der Waals surface area contributed by atoms with Gasteiger partial charge in [-0.05, 0) is 6.42 Å². The molecular formula is C9H12N2O3S. The van der Waals surface area contributed by atoms with Crippen molar-refractivity contribution < 1.29 is 14.6 Å². The Balaban J connectivity index is 2.26. The molecule has 1 saturated heterocycles. The Hall–Kier alpha value is -1.14. The Bertz CT molecular complexity index is 366. The Morgan fingerprint density at radius 3 is 3.07 bits per heavy atom. The number of rotatable bonds is 3. The zero-order chi connectivity index (χ0) is 10.8. The van der Waals surface area contributed by atoms with E-state index in [0.29, 0.717) is 22.4 Å². The Labute approximate surface area is 91.3 Å². The van der Waals surface area contributed by atoms with Crippen molar-refractivity contribution in [3.63, 3.8) is 0 Å². The van der Waals surface area contributed by atoms with Crippen molar-refractivity contribution in [3.05, 3.63) is 4.88 Å². The number of β-amino-alcohol motifs (C(OH)–C–C–N with tert-alkyl or cyclic N) is 1. The fourth-order valence-corrected chi connectivity index (χ4v) is 2.35. The topological polar surface area (TPSA) is 62.7 Å². The summed E-state index contributed by atoms with van der Waals surface area (Å²) in [6, 6.07) is 0. The standard InChI is InChI=1S/C9H12N2O3S/c1-14-9-10-8(7(5-12)15-9)11-3-2-6(13)4-11/h5-6,13H,2-4H2,1H3. The van der Waals surface area contributed by atoms with Gasteiger partial charge in [0, 0.05) is 13.1 Å². The molecule has 1 N–H and O–H groups in total. The SMILES string of the molecule is COc1nc(N2CCC(O)C2)c(C=O)s1. The van der Waals surface area contributed by atoms with Crippen LogP contribution in [-0.2, 0) is 0 Å². The summed E-state index contributed by atoms with van der Waals surface area (Å²) in [7, 11) is 1.52. The molecule has 1 atom stereocenters. The zero-order valence-electron chi connectivity index (χ0n) is 8.34. The maximum atomic E-state index is 10.8. The predicted molar refractivity (Wildman–Crippen MR) is 56.9 cm³/mol. The molecule has 0 radical (unpaired) electrons. The number of hydrogen-bond donors (Lipinski definition) is 1. The normalized spacial score (nSPS) is 20.7. The van der Waals surface area contributed by atoms with Gasteiger partial charge in [-0.3, -0.25) is 4.79 Å². The van der Waals surface area contributed by atoms with Crippen molar-refractivity contribution in [1.82, 2.24) is 4.98 Å². The number of anilines is 1. The first kappa shape index (κ1) is 10.4. The molecule has 0 spiro atoms. The number of carbonyl (C=O) groups excluding carboxylic acids is 1. The van der Waals surface area contributed by atoms with Crippen LogP contribution in [0.1, 0.15) is 16.1 Å². The molecule has 82 valence electrons. The molecule has 1 unspecified atom stereocenters. The Kier molecular flexibility index (Phi) is 2.88. The fraction of sp³-hybridized carbons (Fsp3) is 0.556. The van der Waals surface area contributed by atoms with Crippen molar-refractivity contribution >= 4 is 23.4 Å². The molecule has 2 rings (SSSR count). The first-order valence-corrected chi connectivity index (χ1v) is 5.49. The molecule has 0 aliphatic carbocycles. The third-order valence-corrected chi connectivity index (χ3v) is 3.29. The highest BCUT2D eigenvalue weighted by Gasteiger charge is 2.25. The number of methoxy groups -OCH3 is 1. The second-order valence-electron chi connectivity index (χ2n) is 3.38. The van der Waals surface area contributed by atoms with Gasteiger partial charge >= 0.3 is 0 Å². The maximum absolute atomic E-state index is 10.8. The predicted octanol–water partition coefficient (Wildman–Crippen LogP) is 0.535. The van der Waals surface area contributed by atoms with Crippen LogP contribution in [0.5, 0.6) is 5.19 Å². The molecule has 2 heterocycles. The molecule has 5 nitrogen and oxygen atoms in total. The second-order valence-corrected chi connectivity index (χ2v) is 4.37. The minimum atomic E-state index is -0.322. The number of thiazole rings is 1. The van der Waals surface area contributed by atoms with Crippen LogP contribution in [0.2, 0.25) is 0 Å². The first-order valence-electron chi connectivity index (χ1n) is 4.67. The lowest BCUT2D eigenvalue weighted by atomic mass is 10.3. The second kappa shape index (κ2) is 4.16. The van der Waals surface area contributed by atoms with Crippen molar-refractivity contribution in [1.29, 1.82) is 0 Å². The monoisotopic (exact) mass is 228 g/mol. The van der Waals surface area contributed by atoms with E-state index in [1.165, 1.54) is 18.4 Å². The molecule has 1 aliphatic rings. The number of hydrogen-bond acceptors (Lipinski definition) is 6. The molecule has 0 amide bonds. The minimum absolute atomic E-state index is 0.322. The molecule has 1 fully saturated rings. The summed E-state index contributed by atoms with van der Waals surface area (Å²) in [5, 5.41) is 9.88. The summed E-state index contributed by atoms with van der Waals surface area (Å²) in [5.41, 5.74) is 0. The van der Waals surface area contributed by atoms with Crippen molar-refractivity contribution in [3.8, 4) is 5.19 Å². The number of carbonyl (C=O) groups is 1. The summed E-state index contributed by atoms with van der Waals surface area (Å²) in [4.78, 5) is 17.5. The van der Waals surface area contributed by atoms with Crippen LogP contribution >= 0.6 is 11.3 Å². The summed E-state index contributed by atoms with van der Waals surface area (Å²) in [6.45, 7) is 1.27. The van der Waals surface area contributed by atoms with E-state index in [0.717, 1.165) is 19.3 Å². The first-order chi connectivity index (χ1) is 7.24. The third kappa shape index (κ3) is 1.95. The summed E-state index contributed by atoms with van der Waals surface area (Å²) >= 11 is 1.22. The highest BCUT2D eigenvalue weighted by molar-refractivity contribution is 7.15. The van der Waals surface area contributed by atoms with Gasteiger partial charge in [0.15, 0.2) is 12.1 Å². The third-order valence-electron chi connectivity index (χ3n) is 2.36. The lowest BCUT2D eigenvalue weighted by molar-refractivity contribution is 0.112. The molecule has 6 heteroatoms. The molecular weight excluding hydrogens is 216 g/mol. The van der Waals surface area contributed by atoms with Crippen LogP contribution < -0.4 is 9.64 Å². The largest absolute Gasteiger partial charge is 0.473 e. The van der Waals surface area contributed by atoms with Crippen LogP contribution in [0.4, 0.5) is 5.82 Å². The Morgan fingerprint density at radius 2 is 2.53 bits per heavy atom. The average molecular weight is 228 g/mol. The van der Waals surface area contributed by atoms with Gasteiger partial charge < -0.3 is 14.7 Å². The van der Waals surface area contributed by atoms with E-state index in [4.69, 9.17) is 4.74 Å². The van der Waals surface area contributed by atoms with Crippen molar-refractivity contribution in [2.24, 2.45) is 0 Å². The van der Waals surface area contributed by atoms with Gasteiger partial charge in [-0.25, -0.2) is 0 Å². The molecule has 1 aromatic heterocycles. The molecule has 15 heavy (non-hydrogen) atoms. The van der Waals surface area contributed by atoms with Crippen LogP contribution in [-0.4, -0.2) is 42.7 Å². The van der Waals surface area contributed by atoms with Crippen LogP contribution in [0.25, 0.3) is 0 Å². The van der Waals surface area contributed by atoms with E-state index in [-0.39, 0.29) is 6.10 Å². The van der Waals surface area contributed by atoms with Gasteiger partial charge in [-0.15, -0.1) is 0 Å². The molecule has 1 aliphatic heterocycles. The molecule has 0 aromatic carbocycles. The van der Waals surface area contributed by atoms with Gasteiger partial charge in [0.05, 0.1) is 13.2 Å². The quantitative estimate of drug-likeness (QED) is 0.765. The number of aliphatic hydroxyl groups excluding tert-OH is 1. The van der Waals surface area contributed by atoms with Crippen molar-refractivity contribution in [2.75, 3.05) is 25.1 Å². The number of aliphatic hydroxyl groups is 1. The lowest BCUT2D eigenvalue weighted by Crippen LogP contribution is -2.22. The number of aromatic nitrogens is 1.